The molecule has 0 bridgehead atoms. The number of hydrogen-bond acceptors (Lipinski definition) is 4. The van der Waals surface area contributed by atoms with Crippen molar-refractivity contribution < 1.29 is 23.3 Å². The topological polar surface area (TPSA) is 96.6 Å². The molecule has 0 spiro atoms. The fourth-order valence-electron chi connectivity index (χ4n) is 1.21. The number of amides is 1. The van der Waals surface area contributed by atoms with Crippen LogP contribution >= 0.6 is 0 Å². The number of carboxylic acids is 1. The number of carboxylic acid groups (broad SMARTS) is 1. The van der Waals surface area contributed by atoms with Crippen molar-refractivity contribution in [3.05, 3.63) is 17.9 Å². The zero-order valence-corrected chi connectivity index (χ0v) is 11.0. The van der Waals surface area contributed by atoms with Gasteiger partial charge in [-0.3, -0.25) is 9.00 Å². The lowest BCUT2D eigenvalue weighted by atomic mass is 10.4. The van der Waals surface area contributed by atoms with Crippen molar-refractivity contribution in [1.29, 1.82) is 0 Å². The maximum absolute atomic E-state index is 11.9. The summed E-state index contributed by atoms with van der Waals surface area (Å²) >= 11 is 0. The van der Waals surface area contributed by atoms with Crippen LogP contribution in [0, 0.1) is 0 Å². The number of carbonyl (C=O) groups excluding carboxylic acids is 1. The van der Waals surface area contributed by atoms with Crippen molar-refractivity contribution in [1.82, 2.24) is 5.32 Å². The number of furan rings is 1. The molecule has 0 saturated heterocycles. The van der Waals surface area contributed by atoms with Gasteiger partial charge in [0.1, 0.15) is 16.0 Å². The van der Waals surface area contributed by atoms with E-state index in [9.17, 15) is 13.8 Å². The Labute approximate surface area is 107 Å². The highest BCUT2D eigenvalue weighted by molar-refractivity contribution is 7.86. The second kappa shape index (κ2) is 6.34. The van der Waals surface area contributed by atoms with E-state index in [2.05, 4.69) is 5.32 Å². The van der Waals surface area contributed by atoms with Gasteiger partial charge in [0, 0.05) is 6.54 Å². The van der Waals surface area contributed by atoms with Gasteiger partial charge in [-0.05, 0) is 25.5 Å². The minimum absolute atomic E-state index is 0.00783. The predicted octanol–water partition coefficient (Wildman–Crippen LogP) is 1.00. The highest BCUT2D eigenvalue weighted by Crippen LogP contribution is 2.15. The lowest BCUT2D eigenvalue weighted by Gasteiger charge is -2.09. The van der Waals surface area contributed by atoms with Gasteiger partial charge in [0.25, 0.3) is 0 Å². The molecule has 6 nitrogen and oxygen atoms in total. The van der Waals surface area contributed by atoms with E-state index in [0.717, 1.165) is 6.42 Å². The second-order valence-corrected chi connectivity index (χ2v) is 5.36. The molecule has 0 fully saturated rings. The third kappa shape index (κ3) is 3.43. The minimum atomic E-state index is -1.70. The van der Waals surface area contributed by atoms with Gasteiger partial charge in [-0.1, -0.05) is 6.92 Å². The molecule has 2 unspecified atom stereocenters. The van der Waals surface area contributed by atoms with Crippen LogP contribution < -0.4 is 5.32 Å². The fourth-order valence-corrected chi connectivity index (χ4v) is 2.21. The van der Waals surface area contributed by atoms with Crippen LogP contribution in [-0.4, -0.2) is 33.0 Å². The summed E-state index contributed by atoms with van der Waals surface area (Å²) < 4.78 is 16.9. The molecular formula is C11H15NO5S. The van der Waals surface area contributed by atoms with Gasteiger partial charge in [-0.2, -0.15) is 0 Å². The first-order valence-electron chi connectivity index (χ1n) is 5.48. The number of nitrogens with one attached hydrogen (secondary N) is 1. The van der Waals surface area contributed by atoms with Crippen LogP contribution in [0.3, 0.4) is 0 Å². The molecule has 0 aromatic carbocycles. The molecular weight excluding hydrogens is 258 g/mol. The summed E-state index contributed by atoms with van der Waals surface area (Å²) in [6.07, 6.45) is 0.787. The maximum atomic E-state index is 11.9. The lowest BCUT2D eigenvalue weighted by Crippen LogP contribution is -2.35. The van der Waals surface area contributed by atoms with E-state index in [1.165, 1.54) is 19.1 Å². The van der Waals surface area contributed by atoms with Gasteiger partial charge >= 0.3 is 5.97 Å². The van der Waals surface area contributed by atoms with Gasteiger partial charge in [0.15, 0.2) is 5.09 Å². The largest absolute Gasteiger partial charge is 0.475 e. The summed E-state index contributed by atoms with van der Waals surface area (Å²) in [5.74, 6) is -1.87. The van der Waals surface area contributed by atoms with Crippen LogP contribution in [0.25, 0.3) is 0 Å². The average molecular weight is 273 g/mol. The van der Waals surface area contributed by atoms with Crippen molar-refractivity contribution in [2.75, 3.05) is 6.54 Å². The molecule has 0 aliphatic heterocycles. The third-order valence-corrected chi connectivity index (χ3v) is 3.70. The summed E-state index contributed by atoms with van der Waals surface area (Å²) in [4.78, 5) is 22.2. The van der Waals surface area contributed by atoms with Crippen LogP contribution in [0.5, 0.6) is 0 Å². The van der Waals surface area contributed by atoms with Crippen molar-refractivity contribution in [3.63, 3.8) is 0 Å². The van der Waals surface area contributed by atoms with Crippen LogP contribution in [-0.2, 0) is 15.6 Å². The van der Waals surface area contributed by atoms with E-state index in [0.29, 0.717) is 6.54 Å². The fraction of sp³-hybridized carbons (Fsp3) is 0.455. The zero-order valence-electron chi connectivity index (χ0n) is 10.1. The number of aromatic carboxylic acids is 1. The van der Waals surface area contributed by atoms with Crippen LogP contribution in [0.2, 0.25) is 0 Å². The summed E-state index contributed by atoms with van der Waals surface area (Å²) in [5.41, 5.74) is 0. The Morgan fingerprint density at radius 1 is 1.50 bits per heavy atom. The van der Waals surface area contributed by atoms with Crippen LogP contribution in [0.1, 0.15) is 30.8 Å². The normalized spacial score (nSPS) is 13.9. The molecule has 18 heavy (non-hydrogen) atoms. The lowest BCUT2D eigenvalue weighted by molar-refractivity contribution is -0.120. The Bertz CT molecular complexity index is 468. The quantitative estimate of drug-likeness (QED) is 0.806. The maximum Gasteiger partial charge on any atom is 0.371 e. The monoisotopic (exact) mass is 273 g/mol. The molecule has 2 atom stereocenters. The molecule has 0 saturated carbocycles. The smallest absolute Gasteiger partial charge is 0.371 e. The first kappa shape index (κ1) is 14.4. The van der Waals surface area contributed by atoms with Gasteiger partial charge < -0.3 is 14.8 Å². The van der Waals surface area contributed by atoms with Gasteiger partial charge in [0.05, 0.1) is 0 Å². The molecule has 2 N–H and O–H groups in total. The van der Waals surface area contributed by atoms with E-state index in [-0.39, 0.29) is 16.8 Å². The molecule has 0 aliphatic carbocycles. The van der Waals surface area contributed by atoms with Crippen molar-refractivity contribution in [2.45, 2.75) is 30.6 Å². The molecule has 100 valence electrons. The van der Waals surface area contributed by atoms with Gasteiger partial charge in [-0.25, -0.2) is 4.79 Å². The van der Waals surface area contributed by atoms with Crippen LogP contribution in [0.4, 0.5) is 0 Å². The van der Waals surface area contributed by atoms with E-state index >= 15 is 0 Å². The summed E-state index contributed by atoms with van der Waals surface area (Å²) in [7, 11) is -1.70. The van der Waals surface area contributed by atoms with E-state index in [1.807, 2.05) is 6.92 Å². The number of hydrogen-bond donors (Lipinski definition) is 2. The second-order valence-electron chi connectivity index (χ2n) is 3.65. The van der Waals surface area contributed by atoms with E-state index in [1.54, 1.807) is 0 Å². The standard InChI is InChI=1S/C11H15NO5S/c1-3-6-12-10(13)7(2)18(16)9-5-4-8(17-9)11(14)15/h4-5,7H,3,6H2,1-2H3,(H,12,13)(H,14,15). The van der Waals surface area contributed by atoms with E-state index in [4.69, 9.17) is 9.52 Å². The van der Waals surface area contributed by atoms with Gasteiger partial charge in [-0.15, -0.1) is 0 Å². The van der Waals surface area contributed by atoms with Gasteiger partial charge in [0.2, 0.25) is 11.7 Å². The Morgan fingerprint density at radius 2 is 2.17 bits per heavy atom. The summed E-state index contributed by atoms with van der Waals surface area (Å²) in [5, 5.41) is 10.5. The molecule has 0 aliphatic rings. The van der Waals surface area contributed by atoms with Crippen LogP contribution in [0.15, 0.2) is 21.6 Å². The zero-order chi connectivity index (χ0) is 13.7. The first-order valence-corrected chi connectivity index (χ1v) is 6.70. The first-order chi connectivity index (χ1) is 8.47. The Kier molecular flexibility index (Phi) is 5.08. The highest BCUT2D eigenvalue weighted by Gasteiger charge is 2.24. The Hall–Kier alpha value is -1.63. The third-order valence-electron chi connectivity index (χ3n) is 2.23. The summed E-state index contributed by atoms with van der Waals surface area (Å²) in [6.45, 7) is 3.93. The summed E-state index contributed by atoms with van der Waals surface area (Å²) in [6, 6.07) is 2.52. The van der Waals surface area contributed by atoms with Crippen molar-refractivity contribution in [3.8, 4) is 0 Å². The molecule has 1 rings (SSSR count). The molecule has 1 heterocycles. The van der Waals surface area contributed by atoms with Crippen molar-refractivity contribution >= 4 is 22.7 Å². The molecule has 1 aromatic heterocycles. The molecule has 7 heteroatoms. The number of rotatable bonds is 6. The molecule has 1 aromatic rings. The Balaban J connectivity index is 2.73. The molecule has 0 radical (unpaired) electrons. The highest BCUT2D eigenvalue weighted by atomic mass is 32.2. The predicted molar refractivity (Wildman–Crippen MR) is 64.8 cm³/mol. The van der Waals surface area contributed by atoms with Crippen molar-refractivity contribution in [2.24, 2.45) is 0 Å². The average Bonchev–Trinajstić information content (AvgIpc) is 2.83. The molecule has 1 amide bonds. The van der Waals surface area contributed by atoms with E-state index < -0.39 is 22.0 Å². The SMILES string of the molecule is CCCNC(=O)C(C)S(=O)c1ccc(C(=O)O)o1. The minimum Gasteiger partial charge on any atom is -0.475 e. The Morgan fingerprint density at radius 3 is 2.67 bits per heavy atom. The number of carbonyl (C=O) groups is 2.